The van der Waals surface area contributed by atoms with E-state index in [9.17, 15) is 18.0 Å². The summed E-state index contributed by atoms with van der Waals surface area (Å²) in [7, 11) is -3.59. The molecule has 8 heteroatoms. The molecule has 1 aromatic carbocycles. The van der Waals surface area contributed by atoms with Crippen molar-refractivity contribution < 1.29 is 22.7 Å². The Bertz CT molecular complexity index is 704. The topological polar surface area (TPSA) is 107 Å². The molecule has 0 saturated carbocycles. The lowest BCUT2D eigenvalue weighted by Crippen LogP contribution is -2.42. The first-order chi connectivity index (χ1) is 11.2. The first kappa shape index (κ1) is 18.4. The zero-order valence-electron chi connectivity index (χ0n) is 13.8. The van der Waals surface area contributed by atoms with Gasteiger partial charge in [-0.05, 0) is 42.5 Å². The van der Waals surface area contributed by atoms with Gasteiger partial charge >= 0.3 is 5.97 Å². The molecule has 1 aliphatic heterocycles. The van der Waals surface area contributed by atoms with Crippen LogP contribution in [0.5, 0.6) is 0 Å². The third kappa shape index (κ3) is 4.33. The summed E-state index contributed by atoms with van der Waals surface area (Å²) in [5.74, 6) is -0.855. The van der Waals surface area contributed by atoms with E-state index in [2.05, 4.69) is 4.74 Å². The van der Waals surface area contributed by atoms with Crippen molar-refractivity contribution in [3.63, 3.8) is 0 Å². The van der Waals surface area contributed by atoms with Crippen LogP contribution < -0.4 is 5.73 Å². The van der Waals surface area contributed by atoms with E-state index in [4.69, 9.17) is 5.73 Å². The molecule has 0 aliphatic carbocycles. The molecule has 1 aliphatic rings. The second-order valence-corrected chi connectivity index (χ2v) is 8.27. The van der Waals surface area contributed by atoms with Gasteiger partial charge < -0.3 is 10.5 Å². The van der Waals surface area contributed by atoms with Crippen molar-refractivity contribution >= 4 is 21.9 Å². The SMILES string of the molecule is C[C@H]1C[C@H](C)CN(S(=O)(=O)c2ccc(C(=O)OCC(N)=O)cc2)C1. The van der Waals surface area contributed by atoms with Gasteiger partial charge in [0.2, 0.25) is 10.0 Å². The summed E-state index contributed by atoms with van der Waals surface area (Å²) in [5.41, 5.74) is 5.07. The second kappa shape index (κ2) is 7.31. The minimum atomic E-state index is -3.59. The molecule has 0 spiro atoms. The minimum Gasteiger partial charge on any atom is -0.452 e. The van der Waals surface area contributed by atoms with E-state index in [0.29, 0.717) is 24.9 Å². The van der Waals surface area contributed by atoms with Crippen molar-refractivity contribution in [1.29, 1.82) is 0 Å². The zero-order chi connectivity index (χ0) is 17.9. The quantitative estimate of drug-likeness (QED) is 0.794. The van der Waals surface area contributed by atoms with E-state index < -0.39 is 28.5 Å². The van der Waals surface area contributed by atoms with Crippen LogP contribution in [0.1, 0.15) is 30.6 Å². The van der Waals surface area contributed by atoms with Gasteiger partial charge in [0.15, 0.2) is 6.61 Å². The fraction of sp³-hybridized carbons (Fsp3) is 0.500. The van der Waals surface area contributed by atoms with Gasteiger partial charge in [-0.1, -0.05) is 13.8 Å². The number of hydrogen-bond donors (Lipinski definition) is 1. The van der Waals surface area contributed by atoms with Crippen molar-refractivity contribution in [2.45, 2.75) is 25.2 Å². The molecular formula is C16H22N2O5S. The molecule has 1 amide bonds. The van der Waals surface area contributed by atoms with Gasteiger partial charge in [0, 0.05) is 13.1 Å². The summed E-state index contributed by atoms with van der Waals surface area (Å²) in [6.07, 6.45) is 1.01. The lowest BCUT2D eigenvalue weighted by molar-refractivity contribution is -0.121. The molecule has 132 valence electrons. The number of sulfonamides is 1. The number of esters is 1. The van der Waals surface area contributed by atoms with Crippen LogP contribution in [-0.4, -0.2) is 44.3 Å². The number of carbonyl (C=O) groups is 2. The number of nitrogens with zero attached hydrogens (tertiary/aromatic N) is 1. The Balaban J connectivity index is 2.14. The maximum atomic E-state index is 12.7. The lowest BCUT2D eigenvalue weighted by Gasteiger charge is -2.34. The number of amides is 1. The standard InChI is InChI=1S/C16H22N2O5S/c1-11-7-12(2)9-18(8-11)24(21,22)14-5-3-13(4-6-14)16(20)23-10-15(17)19/h3-6,11-12H,7-10H2,1-2H3,(H2,17,19)/t11-,12-/m0/s1. The van der Waals surface area contributed by atoms with Crippen LogP contribution in [0.15, 0.2) is 29.2 Å². The molecule has 0 aromatic heterocycles. The maximum Gasteiger partial charge on any atom is 0.338 e. The van der Waals surface area contributed by atoms with E-state index in [0.717, 1.165) is 6.42 Å². The molecule has 1 fully saturated rings. The number of nitrogens with two attached hydrogens (primary N) is 1. The Morgan fingerprint density at radius 1 is 1.17 bits per heavy atom. The average Bonchev–Trinajstić information content (AvgIpc) is 2.51. The predicted molar refractivity (Wildman–Crippen MR) is 87.6 cm³/mol. The molecule has 0 radical (unpaired) electrons. The van der Waals surface area contributed by atoms with Crippen molar-refractivity contribution in [3.8, 4) is 0 Å². The number of benzene rings is 1. The molecule has 1 aromatic rings. The molecule has 7 nitrogen and oxygen atoms in total. The van der Waals surface area contributed by atoms with Crippen molar-refractivity contribution in [1.82, 2.24) is 4.31 Å². The molecule has 1 heterocycles. The van der Waals surface area contributed by atoms with Gasteiger partial charge in [-0.15, -0.1) is 0 Å². The average molecular weight is 354 g/mol. The molecular weight excluding hydrogens is 332 g/mol. The Morgan fingerprint density at radius 3 is 2.21 bits per heavy atom. The van der Waals surface area contributed by atoms with Crippen molar-refractivity contribution in [2.75, 3.05) is 19.7 Å². The fourth-order valence-electron chi connectivity index (χ4n) is 2.93. The number of piperidine rings is 1. The largest absolute Gasteiger partial charge is 0.452 e. The molecule has 2 N–H and O–H groups in total. The normalized spacial score (nSPS) is 22.1. The second-order valence-electron chi connectivity index (χ2n) is 6.33. The van der Waals surface area contributed by atoms with Gasteiger partial charge in [0.05, 0.1) is 10.5 Å². The van der Waals surface area contributed by atoms with Crippen molar-refractivity contribution in [3.05, 3.63) is 29.8 Å². The Kier molecular flexibility index (Phi) is 5.61. The number of ether oxygens (including phenoxy) is 1. The highest BCUT2D eigenvalue weighted by Crippen LogP contribution is 2.26. The molecule has 0 unspecified atom stereocenters. The lowest BCUT2D eigenvalue weighted by atomic mass is 9.94. The summed E-state index contributed by atoms with van der Waals surface area (Å²) in [6.45, 7) is 4.55. The third-order valence-corrected chi connectivity index (χ3v) is 5.75. The van der Waals surface area contributed by atoms with Crippen LogP contribution in [0.4, 0.5) is 0 Å². The summed E-state index contributed by atoms with van der Waals surface area (Å²) < 4.78 is 31.6. The van der Waals surface area contributed by atoms with Gasteiger partial charge in [0.1, 0.15) is 0 Å². The Morgan fingerprint density at radius 2 is 1.71 bits per heavy atom. The van der Waals surface area contributed by atoms with Crippen LogP contribution in [0, 0.1) is 11.8 Å². The highest BCUT2D eigenvalue weighted by atomic mass is 32.2. The summed E-state index contributed by atoms with van der Waals surface area (Å²) in [6, 6.07) is 5.49. The van der Waals surface area contributed by atoms with Crippen LogP contribution >= 0.6 is 0 Å². The number of hydrogen-bond acceptors (Lipinski definition) is 5. The minimum absolute atomic E-state index is 0.134. The molecule has 2 rings (SSSR count). The van der Waals surface area contributed by atoms with Gasteiger partial charge in [-0.2, -0.15) is 4.31 Å². The van der Waals surface area contributed by atoms with E-state index in [1.807, 2.05) is 13.8 Å². The third-order valence-electron chi connectivity index (χ3n) is 3.91. The molecule has 1 saturated heterocycles. The monoisotopic (exact) mass is 354 g/mol. The number of rotatable bonds is 5. The number of carbonyl (C=O) groups excluding carboxylic acids is 2. The maximum absolute atomic E-state index is 12.7. The number of primary amides is 1. The molecule has 24 heavy (non-hydrogen) atoms. The van der Waals surface area contributed by atoms with E-state index in [1.54, 1.807) is 0 Å². The Hall–Kier alpha value is -1.93. The predicted octanol–water partition coefficient (Wildman–Crippen LogP) is 0.995. The van der Waals surface area contributed by atoms with E-state index >= 15 is 0 Å². The van der Waals surface area contributed by atoms with Gasteiger partial charge in [-0.25, -0.2) is 13.2 Å². The van der Waals surface area contributed by atoms with Gasteiger partial charge in [-0.3, -0.25) is 4.79 Å². The molecule has 2 atom stereocenters. The highest BCUT2D eigenvalue weighted by Gasteiger charge is 2.31. The van der Waals surface area contributed by atoms with Crippen LogP contribution in [-0.2, 0) is 19.6 Å². The summed E-state index contributed by atoms with van der Waals surface area (Å²) >= 11 is 0. The smallest absolute Gasteiger partial charge is 0.338 e. The summed E-state index contributed by atoms with van der Waals surface area (Å²) in [5, 5.41) is 0. The van der Waals surface area contributed by atoms with Crippen LogP contribution in [0.3, 0.4) is 0 Å². The summed E-state index contributed by atoms with van der Waals surface area (Å²) in [4.78, 5) is 22.5. The van der Waals surface area contributed by atoms with E-state index in [1.165, 1.54) is 28.6 Å². The van der Waals surface area contributed by atoms with E-state index in [-0.39, 0.29) is 10.5 Å². The Labute approximate surface area is 141 Å². The molecule has 0 bridgehead atoms. The highest BCUT2D eigenvalue weighted by molar-refractivity contribution is 7.89. The first-order valence-corrected chi connectivity index (χ1v) is 9.19. The van der Waals surface area contributed by atoms with Crippen LogP contribution in [0.25, 0.3) is 0 Å². The van der Waals surface area contributed by atoms with Crippen LogP contribution in [0.2, 0.25) is 0 Å². The fourth-order valence-corrected chi connectivity index (χ4v) is 4.61. The first-order valence-electron chi connectivity index (χ1n) is 7.75. The van der Waals surface area contributed by atoms with Gasteiger partial charge in [0.25, 0.3) is 5.91 Å². The van der Waals surface area contributed by atoms with Crippen molar-refractivity contribution in [2.24, 2.45) is 17.6 Å². The zero-order valence-corrected chi connectivity index (χ0v) is 14.6.